The van der Waals surface area contributed by atoms with Gasteiger partial charge in [-0.3, -0.25) is 4.90 Å². The van der Waals surface area contributed by atoms with Crippen LogP contribution in [-0.4, -0.2) is 44.6 Å². The highest BCUT2D eigenvalue weighted by Gasteiger charge is 2.27. The number of amidine groups is 1. The van der Waals surface area contributed by atoms with E-state index in [0.717, 1.165) is 38.2 Å². The number of oxime groups is 1. The van der Waals surface area contributed by atoms with E-state index in [0.29, 0.717) is 5.84 Å². The molecule has 6 heteroatoms. The number of nitrogens with zero attached hydrogens (tertiary/aromatic N) is 4. The maximum Gasteiger partial charge on any atom is 0.156 e. The van der Waals surface area contributed by atoms with Crippen molar-refractivity contribution in [3.8, 4) is 0 Å². The maximum atomic E-state index is 8.73. The second-order valence-corrected chi connectivity index (χ2v) is 4.42. The first-order valence-corrected chi connectivity index (χ1v) is 5.90. The number of rotatable bonds is 4. The number of nitrogens with two attached hydrogens (primary N) is 1. The lowest BCUT2D eigenvalue weighted by Crippen LogP contribution is -2.41. The van der Waals surface area contributed by atoms with Crippen LogP contribution in [0.15, 0.2) is 17.5 Å². The van der Waals surface area contributed by atoms with Crippen LogP contribution in [0.25, 0.3) is 0 Å². The minimum Gasteiger partial charge on any atom is -0.409 e. The second-order valence-electron chi connectivity index (χ2n) is 4.42. The van der Waals surface area contributed by atoms with E-state index < -0.39 is 0 Å². The van der Waals surface area contributed by atoms with Gasteiger partial charge in [0.25, 0.3) is 0 Å². The van der Waals surface area contributed by atoms with Crippen molar-refractivity contribution in [1.82, 2.24) is 14.5 Å². The molecule has 1 aliphatic rings. The maximum absolute atomic E-state index is 8.73. The van der Waals surface area contributed by atoms with Crippen LogP contribution in [-0.2, 0) is 13.5 Å². The molecule has 1 unspecified atom stereocenters. The zero-order valence-corrected chi connectivity index (χ0v) is 10.1. The summed E-state index contributed by atoms with van der Waals surface area (Å²) in [7, 11) is 1.99. The van der Waals surface area contributed by atoms with Crippen molar-refractivity contribution in [2.24, 2.45) is 17.9 Å². The van der Waals surface area contributed by atoms with Crippen molar-refractivity contribution < 1.29 is 5.21 Å². The van der Waals surface area contributed by atoms with Gasteiger partial charge in [-0.15, -0.1) is 0 Å². The van der Waals surface area contributed by atoms with Gasteiger partial charge in [0.05, 0.1) is 6.04 Å². The zero-order valence-electron chi connectivity index (χ0n) is 10.1. The Morgan fingerprint density at radius 1 is 1.71 bits per heavy atom. The van der Waals surface area contributed by atoms with E-state index in [2.05, 4.69) is 15.0 Å². The van der Waals surface area contributed by atoms with Gasteiger partial charge in [0.15, 0.2) is 5.84 Å². The lowest BCUT2D eigenvalue weighted by atomic mass is 10.2. The monoisotopic (exact) mass is 237 g/mol. The van der Waals surface area contributed by atoms with E-state index in [1.165, 1.54) is 0 Å². The molecular weight excluding hydrogens is 218 g/mol. The predicted octanol–water partition coefficient (Wildman–Crippen LogP) is 0.173. The fourth-order valence-corrected chi connectivity index (χ4v) is 2.38. The Labute approximate surface area is 101 Å². The van der Waals surface area contributed by atoms with Gasteiger partial charge in [-0.05, 0) is 19.4 Å². The van der Waals surface area contributed by atoms with Gasteiger partial charge in [0.1, 0.15) is 5.82 Å². The Morgan fingerprint density at radius 2 is 2.53 bits per heavy atom. The third kappa shape index (κ3) is 2.58. The summed E-state index contributed by atoms with van der Waals surface area (Å²) >= 11 is 0. The predicted molar refractivity (Wildman–Crippen MR) is 64.9 cm³/mol. The van der Waals surface area contributed by atoms with E-state index in [4.69, 9.17) is 10.9 Å². The molecule has 1 aromatic rings. The van der Waals surface area contributed by atoms with Crippen molar-refractivity contribution in [3.05, 3.63) is 18.2 Å². The Morgan fingerprint density at radius 3 is 3.18 bits per heavy atom. The molecule has 3 N–H and O–H groups in total. The van der Waals surface area contributed by atoms with Crippen LogP contribution in [0.2, 0.25) is 0 Å². The van der Waals surface area contributed by atoms with Crippen LogP contribution < -0.4 is 5.73 Å². The lowest BCUT2D eigenvalue weighted by molar-refractivity contribution is 0.281. The van der Waals surface area contributed by atoms with Gasteiger partial charge in [0, 0.05) is 32.4 Å². The van der Waals surface area contributed by atoms with Crippen LogP contribution >= 0.6 is 0 Å². The van der Waals surface area contributed by atoms with E-state index in [1.807, 2.05) is 17.8 Å². The van der Waals surface area contributed by atoms with Crippen LogP contribution in [0.5, 0.6) is 0 Å². The standard InChI is InChI=1S/C11H19N5O/c1-15-8-5-13-10(15)4-7-16-6-2-3-9(16)11(12)14-17/h5,8-9,17H,2-4,6-7H2,1H3,(H2,12,14). The molecule has 0 radical (unpaired) electrons. The molecule has 6 nitrogen and oxygen atoms in total. The molecule has 0 amide bonds. The second kappa shape index (κ2) is 5.18. The normalized spacial score (nSPS) is 22.2. The molecule has 1 atom stereocenters. The summed E-state index contributed by atoms with van der Waals surface area (Å²) < 4.78 is 2.02. The summed E-state index contributed by atoms with van der Waals surface area (Å²) in [6, 6.07) is 0.0836. The minimum absolute atomic E-state index is 0.0836. The highest BCUT2D eigenvalue weighted by molar-refractivity contribution is 5.85. The van der Waals surface area contributed by atoms with E-state index in [1.54, 1.807) is 6.20 Å². The van der Waals surface area contributed by atoms with Crippen molar-refractivity contribution in [2.45, 2.75) is 25.3 Å². The molecule has 0 bridgehead atoms. The number of hydrogen-bond acceptors (Lipinski definition) is 4. The largest absolute Gasteiger partial charge is 0.409 e. The molecule has 17 heavy (non-hydrogen) atoms. The van der Waals surface area contributed by atoms with Gasteiger partial charge >= 0.3 is 0 Å². The number of hydrogen-bond donors (Lipinski definition) is 2. The van der Waals surface area contributed by atoms with E-state index >= 15 is 0 Å². The molecule has 2 heterocycles. The highest BCUT2D eigenvalue weighted by atomic mass is 16.4. The number of aromatic nitrogens is 2. The third-order valence-corrected chi connectivity index (χ3v) is 3.36. The van der Waals surface area contributed by atoms with Crippen molar-refractivity contribution in [1.29, 1.82) is 0 Å². The summed E-state index contributed by atoms with van der Waals surface area (Å²) in [6.07, 6.45) is 6.71. The smallest absolute Gasteiger partial charge is 0.156 e. The zero-order chi connectivity index (χ0) is 12.3. The Hall–Kier alpha value is -1.56. The highest BCUT2D eigenvalue weighted by Crippen LogP contribution is 2.17. The summed E-state index contributed by atoms with van der Waals surface area (Å²) in [6.45, 7) is 1.90. The summed E-state index contributed by atoms with van der Waals surface area (Å²) in [5.74, 6) is 1.39. The Bertz CT molecular complexity index is 400. The molecular formula is C11H19N5O. The van der Waals surface area contributed by atoms with Gasteiger partial charge in [-0.2, -0.15) is 0 Å². The molecule has 94 valence electrons. The van der Waals surface area contributed by atoms with Crippen LogP contribution in [0, 0.1) is 0 Å². The van der Waals surface area contributed by atoms with Crippen molar-refractivity contribution in [2.75, 3.05) is 13.1 Å². The number of likely N-dealkylation sites (tertiary alicyclic amines) is 1. The first-order chi connectivity index (χ1) is 8.22. The van der Waals surface area contributed by atoms with Crippen LogP contribution in [0.1, 0.15) is 18.7 Å². The Kier molecular flexibility index (Phi) is 3.63. The molecule has 0 aromatic carbocycles. The van der Waals surface area contributed by atoms with Gasteiger partial charge < -0.3 is 15.5 Å². The van der Waals surface area contributed by atoms with Crippen LogP contribution in [0.4, 0.5) is 0 Å². The Balaban J connectivity index is 1.93. The molecule has 1 aliphatic heterocycles. The fourth-order valence-electron chi connectivity index (χ4n) is 2.38. The first kappa shape index (κ1) is 11.9. The topological polar surface area (TPSA) is 79.7 Å². The number of imidazole rings is 1. The molecule has 0 saturated carbocycles. The third-order valence-electron chi connectivity index (χ3n) is 3.36. The molecule has 2 rings (SSSR count). The number of aryl methyl sites for hydroxylation is 1. The van der Waals surface area contributed by atoms with Gasteiger partial charge in [-0.1, -0.05) is 5.16 Å². The molecule has 0 aliphatic carbocycles. The quantitative estimate of drug-likeness (QED) is 0.339. The average Bonchev–Trinajstić information content (AvgIpc) is 2.94. The molecule has 1 fully saturated rings. The van der Waals surface area contributed by atoms with E-state index in [-0.39, 0.29) is 6.04 Å². The molecule has 1 aromatic heterocycles. The summed E-state index contributed by atoms with van der Waals surface area (Å²) in [5, 5.41) is 11.8. The van der Waals surface area contributed by atoms with E-state index in [9.17, 15) is 0 Å². The average molecular weight is 237 g/mol. The SMILES string of the molecule is Cn1ccnc1CCN1CCCC1/C(N)=N/O. The lowest BCUT2D eigenvalue weighted by Gasteiger charge is -2.22. The van der Waals surface area contributed by atoms with Gasteiger partial charge in [-0.25, -0.2) is 4.98 Å². The summed E-state index contributed by atoms with van der Waals surface area (Å²) in [4.78, 5) is 6.55. The molecule has 0 spiro atoms. The fraction of sp³-hybridized carbons (Fsp3) is 0.636. The van der Waals surface area contributed by atoms with Gasteiger partial charge in [0.2, 0.25) is 0 Å². The van der Waals surface area contributed by atoms with Crippen LogP contribution in [0.3, 0.4) is 0 Å². The summed E-state index contributed by atoms with van der Waals surface area (Å²) in [5.41, 5.74) is 5.69. The minimum atomic E-state index is 0.0836. The van der Waals surface area contributed by atoms with Crippen molar-refractivity contribution >= 4 is 5.84 Å². The van der Waals surface area contributed by atoms with Crippen molar-refractivity contribution in [3.63, 3.8) is 0 Å². The first-order valence-electron chi connectivity index (χ1n) is 5.90. The molecule has 1 saturated heterocycles.